The second kappa shape index (κ2) is 6.12. The van der Waals surface area contributed by atoms with Crippen LogP contribution in [0.4, 0.5) is 4.39 Å². The molecule has 0 aliphatic heterocycles. The molecule has 1 N–H and O–H groups in total. The maximum atomic E-state index is 12.8. The summed E-state index contributed by atoms with van der Waals surface area (Å²) in [6.07, 6.45) is 1.34. The van der Waals surface area contributed by atoms with Gasteiger partial charge in [-0.15, -0.1) is 0 Å². The van der Waals surface area contributed by atoms with E-state index in [1.165, 1.54) is 19.2 Å². The van der Waals surface area contributed by atoms with E-state index < -0.39 is 6.10 Å². The van der Waals surface area contributed by atoms with Crippen molar-refractivity contribution in [2.75, 3.05) is 20.2 Å². The van der Waals surface area contributed by atoms with Crippen molar-refractivity contribution in [3.05, 3.63) is 35.6 Å². The van der Waals surface area contributed by atoms with Crippen LogP contribution in [0.15, 0.2) is 24.3 Å². The summed E-state index contributed by atoms with van der Waals surface area (Å²) in [6, 6.07) is 6.10. The molecule has 1 saturated carbocycles. The summed E-state index contributed by atoms with van der Waals surface area (Å²) in [7, 11) is 1.35. The molecular weight excluding hydrogens is 249 g/mol. The molecule has 5 heteroatoms. The first-order valence-electron chi connectivity index (χ1n) is 6.34. The second-order valence-electron chi connectivity index (χ2n) is 4.80. The summed E-state index contributed by atoms with van der Waals surface area (Å²) in [5, 5.41) is 10.1. The molecule has 1 aliphatic rings. The number of nitrogens with zero attached hydrogens (tertiary/aromatic N) is 1. The lowest BCUT2D eigenvalue weighted by Crippen LogP contribution is -2.35. The Kier molecular flexibility index (Phi) is 4.50. The zero-order valence-electron chi connectivity index (χ0n) is 10.9. The number of ether oxygens (including phenoxy) is 1. The van der Waals surface area contributed by atoms with E-state index in [4.69, 9.17) is 0 Å². The highest BCUT2D eigenvalue weighted by Crippen LogP contribution is 2.28. The van der Waals surface area contributed by atoms with Crippen LogP contribution in [0.3, 0.4) is 0 Å². The minimum Gasteiger partial charge on any atom is -0.468 e. The third-order valence-corrected chi connectivity index (χ3v) is 3.29. The van der Waals surface area contributed by atoms with Gasteiger partial charge in [-0.3, -0.25) is 9.69 Å². The fourth-order valence-corrected chi connectivity index (χ4v) is 2.03. The first kappa shape index (κ1) is 14.0. The van der Waals surface area contributed by atoms with Gasteiger partial charge in [-0.25, -0.2) is 4.39 Å². The van der Waals surface area contributed by atoms with Gasteiger partial charge >= 0.3 is 5.97 Å². The number of methoxy groups -OCH3 is 1. The van der Waals surface area contributed by atoms with Crippen molar-refractivity contribution in [3.8, 4) is 0 Å². The van der Waals surface area contributed by atoms with Gasteiger partial charge in [0.15, 0.2) is 0 Å². The molecule has 4 nitrogen and oxygen atoms in total. The number of rotatable bonds is 6. The van der Waals surface area contributed by atoms with Crippen molar-refractivity contribution in [1.82, 2.24) is 4.90 Å². The molecule has 2 rings (SSSR count). The molecule has 1 atom stereocenters. The average Bonchev–Trinajstić information content (AvgIpc) is 3.22. The first-order valence-corrected chi connectivity index (χ1v) is 6.34. The summed E-state index contributed by atoms with van der Waals surface area (Å²) < 4.78 is 17.5. The Morgan fingerprint density at radius 1 is 1.47 bits per heavy atom. The molecule has 0 bridgehead atoms. The molecule has 104 valence electrons. The largest absolute Gasteiger partial charge is 0.468 e. The van der Waals surface area contributed by atoms with Gasteiger partial charge in [0.1, 0.15) is 5.82 Å². The van der Waals surface area contributed by atoms with Gasteiger partial charge in [-0.05, 0) is 30.5 Å². The second-order valence-corrected chi connectivity index (χ2v) is 4.80. The molecule has 0 amide bonds. The van der Waals surface area contributed by atoms with E-state index >= 15 is 0 Å². The lowest BCUT2D eigenvalue weighted by atomic mass is 10.1. The number of benzene rings is 1. The maximum Gasteiger partial charge on any atom is 0.319 e. The predicted molar refractivity (Wildman–Crippen MR) is 68.0 cm³/mol. The van der Waals surface area contributed by atoms with Crippen molar-refractivity contribution >= 4 is 5.97 Å². The Balaban J connectivity index is 1.96. The fourth-order valence-electron chi connectivity index (χ4n) is 2.03. The molecule has 1 unspecified atom stereocenters. The van der Waals surface area contributed by atoms with E-state index in [0.29, 0.717) is 18.2 Å². The Morgan fingerprint density at radius 2 is 2.11 bits per heavy atom. The minimum absolute atomic E-state index is 0.180. The highest BCUT2D eigenvalue weighted by Gasteiger charge is 2.32. The first-order chi connectivity index (χ1) is 9.10. The van der Waals surface area contributed by atoms with Crippen molar-refractivity contribution in [3.63, 3.8) is 0 Å². The molecule has 0 heterocycles. The van der Waals surface area contributed by atoms with E-state index in [0.717, 1.165) is 12.8 Å². The summed E-state index contributed by atoms with van der Waals surface area (Å²) in [5.41, 5.74) is 0.650. The third kappa shape index (κ3) is 4.01. The topological polar surface area (TPSA) is 49.8 Å². The van der Waals surface area contributed by atoms with Crippen LogP contribution in [-0.2, 0) is 9.53 Å². The summed E-state index contributed by atoms with van der Waals surface area (Å²) in [6.45, 7) is 0.533. The minimum atomic E-state index is -0.731. The monoisotopic (exact) mass is 267 g/mol. The van der Waals surface area contributed by atoms with Crippen LogP contribution >= 0.6 is 0 Å². The Hall–Kier alpha value is -1.46. The van der Waals surface area contributed by atoms with Crippen LogP contribution in [-0.4, -0.2) is 42.2 Å². The van der Waals surface area contributed by atoms with Crippen LogP contribution in [0.25, 0.3) is 0 Å². The van der Waals surface area contributed by atoms with Crippen LogP contribution < -0.4 is 0 Å². The van der Waals surface area contributed by atoms with Gasteiger partial charge in [-0.1, -0.05) is 12.1 Å². The maximum absolute atomic E-state index is 12.8. The van der Waals surface area contributed by atoms with Crippen molar-refractivity contribution in [1.29, 1.82) is 0 Å². The van der Waals surface area contributed by atoms with Crippen LogP contribution in [0, 0.1) is 5.82 Å². The number of hydrogen-bond donors (Lipinski definition) is 1. The molecule has 0 saturated heterocycles. The number of hydrogen-bond acceptors (Lipinski definition) is 4. The number of carbonyl (C=O) groups excluding carboxylic acids is 1. The van der Waals surface area contributed by atoms with E-state index in [1.807, 2.05) is 4.90 Å². The Labute approximate surface area is 111 Å². The zero-order valence-corrected chi connectivity index (χ0v) is 10.9. The summed E-state index contributed by atoms with van der Waals surface area (Å²) in [4.78, 5) is 13.2. The van der Waals surface area contributed by atoms with Gasteiger partial charge in [0.05, 0.1) is 19.8 Å². The van der Waals surface area contributed by atoms with E-state index in [1.54, 1.807) is 12.1 Å². The standard InChI is InChI=1S/C14H18FNO3/c1-19-14(18)9-16(12-6-7-12)8-13(17)10-2-4-11(15)5-3-10/h2-5,12-13,17H,6-9H2,1H3. The third-order valence-electron chi connectivity index (χ3n) is 3.29. The molecule has 1 aromatic carbocycles. The highest BCUT2D eigenvalue weighted by molar-refractivity contribution is 5.71. The molecule has 0 aromatic heterocycles. The Morgan fingerprint density at radius 3 is 2.63 bits per heavy atom. The van der Waals surface area contributed by atoms with E-state index in [-0.39, 0.29) is 18.3 Å². The zero-order chi connectivity index (χ0) is 13.8. The van der Waals surface area contributed by atoms with Gasteiger partial charge < -0.3 is 9.84 Å². The van der Waals surface area contributed by atoms with Gasteiger partial charge in [-0.2, -0.15) is 0 Å². The smallest absolute Gasteiger partial charge is 0.319 e. The molecular formula is C14H18FNO3. The molecule has 0 radical (unpaired) electrons. The van der Waals surface area contributed by atoms with Crippen molar-refractivity contribution in [2.45, 2.75) is 25.0 Å². The SMILES string of the molecule is COC(=O)CN(CC(O)c1ccc(F)cc1)C1CC1. The van der Waals surface area contributed by atoms with Gasteiger partial charge in [0, 0.05) is 12.6 Å². The number of aliphatic hydroxyl groups is 1. The van der Waals surface area contributed by atoms with E-state index in [2.05, 4.69) is 4.74 Å². The fraction of sp³-hybridized carbons (Fsp3) is 0.500. The molecule has 0 spiro atoms. The van der Waals surface area contributed by atoms with Gasteiger partial charge in [0.2, 0.25) is 0 Å². The molecule has 19 heavy (non-hydrogen) atoms. The Bertz CT molecular complexity index is 431. The molecule has 1 aromatic rings. The predicted octanol–water partition coefficient (Wildman–Crippen LogP) is 1.50. The number of esters is 1. The number of halogens is 1. The van der Waals surface area contributed by atoms with Gasteiger partial charge in [0.25, 0.3) is 0 Å². The van der Waals surface area contributed by atoms with Crippen LogP contribution in [0.2, 0.25) is 0 Å². The number of carbonyl (C=O) groups is 1. The lowest BCUT2D eigenvalue weighted by molar-refractivity contribution is -0.142. The average molecular weight is 267 g/mol. The number of aliphatic hydroxyl groups excluding tert-OH is 1. The van der Waals surface area contributed by atoms with Crippen LogP contribution in [0.5, 0.6) is 0 Å². The van der Waals surface area contributed by atoms with Crippen molar-refractivity contribution in [2.24, 2.45) is 0 Å². The summed E-state index contributed by atoms with van der Waals surface area (Å²) in [5.74, 6) is -0.636. The normalized spacial score (nSPS) is 16.4. The lowest BCUT2D eigenvalue weighted by Gasteiger charge is -2.23. The quantitative estimate of drug-likeness (QED) is 0.794. The van der Waals surface area contributed by atoms with E-state index in [9.17, 15) is 14.3 Å². The van der Waals surface area contributed by atoms with Crippen LogP contribution in [0.1, 0.15) is 24.5 Å². The molecule has 1 fully saturated rings. The highest BCUT2D eigenvalue weighted by atomic mass is 19.1. The summed E-state index contributed by atoms with van der Waals surface area (Å²) >= 11 is 0. The van der Waals surface area contributed by atoms with Crippen molar-refractivity contribution < 1.29 is 19.0 Å². The molecule has 1 aliphatic carbocycles.